The van der Waals surface area contributed by atoms with Gasteiger partial charge in [0.1, 0.15) is 12.3 Å². The van der Waals surface area contributed by atoms with E-state index in [1.54, 1.807) is 19.3 Å². The molecule has 0 spiro atoms. The van der Waals surface area contributed by atoms with E-state index in [1.807, 2.05) is 72.8 Å². The average molecular weight is 469 g/mol. The number of methoxy groups -OCH3 is 1. The summed E-state index contributed by atoms with van der Waals surface area (Å²) in [6.45, 7) is -0.363. The van der Waals surface area contributed by atoms with E-state index in [9.17, 15) is 14.4 Å². The van der Waals surface area contributed by atoms with Gasteiger partial charge >= 0.3 is 0 Å². The molecule has 0 saturated carbocycles. The summed E-state index contributed by atoms with van der Waals surface area (Å²) in [6, 6.07) is 24.8. The number of ether oxygens (including phenoxy) is 1. The molecule has 34 heavy (non-hydrogen) atoms. The third-order valence-electron chi connectivity index (χ3n) is 5.67. The molecular formula is C27H20N2O4S. The Morgan fingerprint density at radius 1 is 0.912 bits per heavy atom. The number of fused-ring (bicyclic) bond motifs is 2. The first-order chi connectivity index (χ1) is 16.5. The van der Waals surface area contributed by atoms with Crippen LogP contribution in [0.5, 0.6) is 5.75 Å². The molecule has 1 N–H and O–H groups in total. The number of rotatable bonds is 5. The highest BCUT2D eigenvalue weighted by Crippen LogP contribution is 2.36. The van der Waals surface area contributed by atoms with Gasteiger partial charge in [-0.15, -0.1) is 0 Å². The smallest absolute Gasteiger partial charge is 0.294 e. The third-order valence-corrected chi connectivity index (χ3v) is 6.57. The predicted molar refractivity (Wildman–Crippen MR) is 136 cm³/mol. The van der Waals surface area contributed by atoms with E-state index < -0.39 is 17.1 Å². The van der Waals surface area contributed by atoms with E-state index in [0.717, 1.165) is 38.2 Å². The zero-order valence-electron chi connectivity index (χ0n) is 18.3. The van der Waals surface area contributed by atoms with Gasteiger partial charge in [-0.1, -0.05) is 66.7 Å². The van der Waals surface area contributed by atoms with Crippen LogP contribution < -0.4 is 10.1 Å². The molecular weight excluding hydrogens is 448 g/mol. The normalized spacial score (nSPS) is 14.9. The van der Waals surface area contributed by atoms with Gasteiger partial charge in [0.05, 0.1) is 12.0 Å². The van der Waals surface area contributed by atoms with Gasteiger partial charge in [-0.25, -0.2) is 0 Å². The number of imide groups is 1. The Hall–Kier alpha value is -4.10. The van der Waals surface area contributed by atoms with E-state index in [0.29, 0.717) is 17.0 Å². The molecule has 6 nitrogen and oxygen atoms in total. The van der Waals surface area contributed by atoms with Crippen molar-refractivity contribution in [2.24, 2.45) is 0 Å². The van der Waals surface area contributed by atoms with Crippen molar-refractivity contribution >= 4 is 62.1 Å². The van der Waals surface area contributed by atoms with Crippen LogP contribution in [0.15, 0.2) is 83.8 Å². The molecule has 7 heteroatoms. The van der Waals surface area contributed by atoms with Gasteiger partial charge < -0.3 is 10.1 Å². The number of nitrogens with zero attached hydrogens (tertiary/aromatic N) is 1. The Morgan fingerprint density at radius 3 is 2.35 bits per heavy atom. The van der Waals surface area contributed by atoms with Crippen molar-refractivity contribution in [1.82, 2.24) is 4.90 Å². The second kappa shape index (κ2) is 9.03. The van der Waals surface area contributed by atoms with Gasteiger partial charge in [0.25, 0.3) is 11.1 Å². The zero-order valence-corrected chi connectivity index (χ0v) is 19.1. The molecule has 1 aliphatic heterocycles. The molecule has 0 aliphatic carbocycles. The summed E-state index contributed by atoms with van der Waals surface area (Å²) in [4.78, 5) is 39.6. The molecule has 1 saturated heterocycles. The van der Waals surface area contributed by atoms with Gasteiger partial charge in [-0.05, 0) is 46.1 Å². The molecule has 0 aromatic heterocycles. The fraction of sp³-hybridized carbons (Fsp3) is 0.0741. The van der Waals surface area contributed by atoms with Crippen LogP contribution in [-0.4, -0.2) is 35.6 Å². The highest BCUT2D eigenvalue weighted by Gasteiger charge is 2.36. The lowest BCUT2D eigenvalue weighted by molar-refractivity contribution is -0.127. The predicted octanol–water partition coefficient (Wildman–Crippen LogP) is 5.68. The van der Waals surface area contributed by atoms with Crippen molar-refractivity contribution in [3.63, 3.8) is 0 Å². The number of hydrogen-bond donors (Lipinski definition) is 1. The van der Waals surface area contributed by atoms with Crippen molar-refractivity contribution in [3.8, 4) is 5.75 Å². The van der Waals surface area contributed by atoms with Gasteiger partial charge in [0, 0.05) is 16.6 Å². The minimum absolute atomic E-state index is 0.248. The van der Waals surface area contributed by atoms with Crippen molar-refractivity contribution in [1.29, 1.82) is 0 Å². The lowest BCUT2D eigenvalue weighted by Gasteiger charge is -2.14. The number of amides is 3. The SMILES string of the molecule is COc1ccc2ccccc2c1/C=C1/SC(=O)N(CC(=O)Nc2cccc3ccccc23)C1=O. The summed E-state index contributed by atoms with van der Waals surface area (Å²) >= 11 is 0.818. The van der Waals surface area contributed by atoms with Crippen LogP contribution in [0, 0.1) is 0 Å². The molecule has 0 unspecified atom stereocenters. The van der Waals surface area contributed by atoms with E-state index in [4.69, 9.17) is 4.74 Å². The van der Waals surface area contributed by atoms with E-state index in [-0.39, 0.29) is 11.4 Å². The summed E-state index contributed by atoms with van der Waals surface area (Å²) in [5.74, 6) is -0.347. The van der Waals surface area contributed by atoms with Crippen LogP contribution in [0.3, 0.4) is 0 Å². The Labute approximate surface area is 200 Å². The fourth-order valence-corrected chi connectivity index (χ4v) is 4.86. The number of nitrogens with one attached hydrogen (secondary N) is 1. The largest absolute Gasteiger partial charge is 0.496 e. The summed E-state index contributed by atoms with van der Waals surface area (Å²) in [5.41, 5.74) is 1.34. The first-order valence-corrected chi connectivity index (χ1v) is 11.5. The molecule has 3 amide bonds. The molecule has 0 radical (unpaired) electrons. The molecule has 168 valence electrons. The molecule has 4 aromatic rings. The molecule has 1 heterocycles. The Balaban J connectivity index is 1.39. The maximum atomic E-state index is 13.1. The molecule has 0 atom stereocenters. The maximum absolute atomic E-state index is 13.1. The van der Waals surface area contributed by atoms with Crippen molar-refractivity contribution in [3.05, 3.63) is 89.3 Å². The minimum atomic E-state index is -0.502. The lowest BCUT2D eigenvalue weighted by Crippen LogP contribution is -2.36. The van der Waals surface area contributed by atoms with Crippen LogP contribution in [0.25, 0.3) is 27.6 Å². The summed E-state index contributed by atoms with van der Waals surface area (Å²) in [5, 5.41) is 6.11. The quantitative estimate of drug-likeness (QED) is 0.382. The molecule has 4 aromatic carbocycles. The first kappa shape index (κ1) is 21.7. The van der Waals surface area contributed by atoms with E-state index >= 15 is 0 Å². The highest BCUT2D eigenvalue weighted by molar-refractivity contribution is 8.18. The van der Waals surface area contributed by atoms with Crippen molar-refractivity contribution in [2.75, 3.05) is 19.0 Å². The van der Waals surface area contributed by atoms with Gasteiger partial charge in [-0.3, -0.25) is 19.3 Å². The minimum Gasteiger partial charge on any atom is -0.496 e. The number of benzene rings is 4. The second-order valence-corrected chi connectivity index (χ2v) is 8.74. The van der Waals surface area contributed by atoms with E-state index in [2.05, 4.69) is 5.32 Å². The van der Waals surface area contributed by atoms with Gasteiger partial charge in [-0.2, -0.15) is 0 Å². The zero-order chi connectivity index (χ0) is 23.7. The Morgan fingerprint density at radius 2 is 1.59 bits per heavy atom. The summed E-state index contributed by atoms with van der Waals surface area (Å²) < 4.78 is 5.49. The van der Waals surface area contributed by atoms with Gasteiger partial charge in [0.15, 0.2) is 0 Å². The first-order valence-electron chi connectivity index (χ1n) is 10.6. The molecule has 1 fully saturated rings. The van der Waals surface area contributed by atoms with Gasteiger partial charge in [0.2, 0.25) is 5.91 Å². The Bertz CT molecular complexity index is 1490. The number of anilines is 1. The van der Waals surface area contributed by atoms with Crippen LogP contribution in [0.1, 0.15) is 5.56 Å². The number of thioether (sulfide) groups is 1. The molecule has 1 aliphatic rings. The summed E-state index contributed by atoms with van der Waals surface area (Å²) in [7, 11) is 1.56. The molecule has 5 rings (SSSR count). The maximum Gasteiger partial charge on any atom is 0.294 e. The Kier molecular flexibility index (Phi) is 5.77. The van der Waals surface area contributed by atoms with Crippen LogP contribution >= 0.6 is 11.8 Å². The van der Waals surface area contributed by atoms with E-state index in [1.165, 1.54) is 0 Å². The van der Waals surface area contributed by atoms with Crippen LogP contribution in [0.4, 0.5) is 10.5 Å². The number of hydrogen-bond acceptors (Lipinski definition) is 5. The second-order valence-electron chi connectivity index (χ2n) is 7.75. The number of carbonyl (C=O) groups excluding carboxylic acids is 3. The van der Waals surface area contributed by atoms with Crippen molar-refractivity contribution in [2.45, 2.75) is 0 Å². The van der Waals surface area contributed by atoms with Crippen LogP contribution in [-0.2, 0) is 9.59 Å². The highest BCUT2D eigenvalue weighted by atomic mass is 32.2. The lowest BCUT2D eigenvalue weighted by atomic mass is 10.0. The van der Waals surface area contributed by atoms with Crippen LogP contribution in [0.2, 0.25) is 0 Å². The third kappa shape index (κ3) is 4.02. The summed E-state index contributed by atoms with van der Waals surface area (Å²) in [6.07, 6.45) is 1.66. The fourth-order valence-electron chi connectivity index (χ4n) is 4.04. The average Bonchev–Trinajstić information content (AvgIpc) is 3.11. The standard InChI is InChI=1S/C27H20N2O4S/c1-33-23-14-13-18-8-2-4-10-19(18)21(23)15-24-26(31)29(27(32)34-24)16-25(30)28-22-12-6-9-17-7-3-5-11-20(17)22/h2-15H,16H2,1H3,(H,28,30)/b24-15+. The molecule has 0 bridgehead atoms. The monoisotopic (exact) mass is 468 g/mol. The van der Waals surface area contributed by atoms with Crippen molar-refractivity contribution < 1.29 is 19.1 Å². The number of carbonyl (C=O) groups is 3. The topological polar surface area (TPSA) is 75.7 Å².